The largest absolute Gasteiger partial charge is 0.355 e. The third kappa shape index (κ3) is 4.43. The summed E-state index contributed by atoms with van der Waals surface area (Å²) >= 11 is 0. The van der Waals surface area contributed by atoms with E-state index in [2.05, 4.69) is 193 Å². The van der Waals surface area contributed by atoms with Crippen LogP contribution in [0.15, 0.2) is 164 Å². The summed E-state index contributed by atoms with van der Waals surface area (Å²) in [7, 11) is 2.99. The van der Waals surface area contributed by atoms with Crippen molar-refractivity contribution in [3.63, 3.8) is 0 Å². The molecule has 2 aliphatic rings. The van der Waals surface area contributed by atoms with E-state index in [0.717, 1.165) is 29.9 Å². The Morgan fingerprint density at radius 1 is 0.630 bits per heavy atom. The minimum Gasteiger partial charge on any atom is -0.355 e. The smallest absolute Gasteiger partial charge is 0.198 e. The van der Waals surface area contributed by atoms with E-state index in [1.807, 2.05) is 0 Å². The molecule has 1 N–H and O–H groups in total. The zero-order valence-electron chi connectivity index (χ0n) is 30.3. The van der Waals surface area contributed by atoms with Crippen molar-refractivity contribution >= 4 is 89.9 Å². The maximum Gasteiger partial charge on any atom is 0.198 e. The predicted octanol–water partition coefficient (Wildman–Crippen LogP) is 11.0. The molecule has 0 saturated heterocycles. The van der Waals surface area contributed by atoms with Crippen molar-refractivity contribution in [1.29, 1.82) is 0 Å². The van der Waals surface area contributed by atoms with Crippen molar-refractivity contribution < 1.29 is 0 Å². The van der Waals surface area contributed by atoms with Gasteiger partial charge in [-0.1, -0.05) is 139 Å². The quantitative estimate of drug-likeness (QED) is 0.186. The van der Waals surface area contributed by atoms with Gasteiger partial charge in [0.2, 0.25) is 0 Å². The van der Waals surface area contributed by atoms with Gasteiger partial charge in [0.25, 0.3) is 0 Å². The van der Waals surface area contributed by atoms with Gasteiger partial charge in [0.15, 0.2) is 7.28 Å². The maximum atomic E-state index is 4.62. The Bertz CT molecular complexity index is 3080. The molecule has 0 bridgehead atoms. The van der Waals surface area contributed by atoms with E-state index < -0.39 is 0 Å². The lowest BCUT2D eigenvalue weighted by molar-refractivity contribution is 1.16. The van der Waals surface area contributed by atoms with Crippen LogP contribution >= 0.6 is 0 Å². The van der Waals surface area contributed by atoms with Crippen LogP contribution in [0.3, 0.4) is 0 Å². The maximum absolute atomic E-state index is 4.62. The first kappa shape index (κ1) is 30.8. The number of rotatable bonds is 4. The minimum atomic E-state index is 0.804. The molecular weight excluding hydrogens is 653 g/mol. The van der Waals surface area contributed by atoms with Crippen molar-refractivity contribution in [2.45, 2.75) is 6.92 Å². The Morgan fingerprint density at radius 3 is 2.19 bits per heavy atom. The third-order valence-corrected chi connectivity index (χ3v) is 11.7. The zero-order chi connectivity index (χ0) is 36.1. The van der Waals surface area contributed by atoms with Crippen LogP contribution in [0.1, 0.15) is 16.7 Å². The van der Waals surface area contributed by atoms with E-state index in [-0.39, 0.29) is 0 Å². The lowest BCUT2D eigenvalue weighted by Gasteiger charge is -2.33. The molecule has 0 saturated carbocycles. The van der Waals surface area contributed by atoms with Crippen LogP contribution in [0.25, 0.3) is 71.4 Å². The van der Waals surface area contributed by atoms with Crippen LogP contribution in [0, 0.1) is 6.92 Å². The number of hydrogen-bond acceptors (Lipinski definition) is 2. The summed E-state index contributed by atoms with van der Waals surface area (Å²) in [5.41, 5.74) is 18.1. The highest BCUT2D eigenvalue weighted by Crippen LogP contribution is 2.46. The van der Waals surface area contributed by atoms with Gasteiger partial charge in [-0.3, -0.25) is 0 Å². The summed E-state index contributed by atoms with van der Waals surface area (Å²) < 4.78 is 2.58. The molecule has 0 fully saturated rings. The monoisotopic (exact) mass is 689 g/mol. The molecular formula is C50H36BN3. The van der Waals surface area contributed by atoms with E-state index in [1.54, 1.807) is 0 Å². The average molecular weight is 690 g/mol. The first-order valence-corrected chi connectivity index (χ1v) is 18.7. The van der Waals surface area contributed by atoms with Crippen LogP contribution in [-0.4, -0.2) is 18.9 Å². The first-order valence-electron chi connectivity index (χ1n) is 18.7. The summed E-state index contributed by atoms with van der Waals surface area (Å²) in [4.78, 5) is 2.34. The highest BCUT2D eigenvalue weighted by atomic mass is 15.1. The lowest BCUT2D eigenvalue weighted by atomic mass is 9.58. The number of allylic oxidation sites excluding steroid dienone is 2. The number of aryl methyl sites for hydroxylation is 1. The predicted molar refractivity (Wildman–Crippen MR) is 234 cm³/mol. The van der Waals surface area contributed by atoms with Gasteiger partial charge < -0.3 is 14.8 Å². The van der Waals surface area contributed by atoms with Crippen molar-refractivity contribution in [2.24, 2.45) is 0 Å². The molecule has 0 unspecified atom stereocenters. The highest BCUT2D eigenvalue weighted by molar-refractivity contribution is 6.74. The molecule has 254 valence electrons. The molecule has 3 nitrogen and oxygen atoms in total. The molecule has 54 heavy (non-hydrogen) atoms. The molecule has 11 rings (SSSR count). The Hall–Kier alpha value is -6.78. The second kappa shape index (κ2) is 11.6. The van der Waals surface area contributed by atoms with Crippen molar-refractivity contribution in [1.82, 2.24) is 4.57 Å². The molecule has 1 aromatic heterocycles. The fourth-order valence-corrected chi connectivity index (χ4v) is 9.19. The number of nitrogens with zero attached hydrogens (tertiary/aromatic N) is 2. The van der Waals surface area contributed by atoms with Crippen LogP contribution in [-0.2, 0) is 0 Å². The normalized spacial score (nSPS) is 13.3. The standard InChI is InChI=1S/C50H36BN3/c1-30-21-24-34(25-22-30)52-41-20-12-11-19-38(41)46-36-17-9-10-18-37(36)48-47-35-16-8-7-13-32(35)23-26-42(47)54-45-29-44-39(28-40(45)51-49(46)50(48)54)31(2)27-43(53(44)3)33-14-5-4-6-15-33/h4-29,51-52H,2H2,1,3H3. The number of benzene rings is 8. The van der Waals surface area contributed by atoms with Gasteiger partial charge in [-0.2, -0.15) is 0 Å². The van der Waals surface area contributed by atoms with Crippen LogP contribution in [0.2, 0.25) is 0 Å². The third-order valence-electron chi connectivity index (χ3n) is 11.7. The zero-order valence-corrected chi connectivity index (χ0v) is 30.3. The minimum absolute atomic E-state index is 0.804. The number of anilines is 3. The van der Waals surface area contributed by atoms with Gasteiger partial charge in [0.1, 0.15) is 0 Å². The Labute approximate surface area is 315 Å². The fourth-order valence-electron chi connectivity index (χ4n) is 9.19. The molecule has 0 atom stereocenters. The number of fused-ring (bicyclic) bond motifs is 10. The summed E-state index contributed by atoms with van der Waals surface area (Å²) in [6.45, 7) is 6.75. The van der Waals surface area contributed by atoms with Gasteiger partial charge >= 0.3 is 0 Å². The molecule has 0 aliphatic carbocycles. The van der Waals surface area contributed by atoms with Gasteiger partial charge in [0.05, 0.1) is 11.2 Å². The molecule has 0 amide bonds. The molecule has 0 spiro atoms. The summed E-state index contributed by atoms with van der Waals surface area (Å²) in [6, 6.07) is 55.5. The van der Waals surface area contributed by atoms with Gasteiger partial charge in [0, 0.05) is 57.2 Å². The number of hydrogen-bond donors (Lipinski definition) is 1. The summed E-state index contributed by atoms with van der Waals surface area (Å²) in [6.07, 6.45) is 2.24. The molecule has 8 aromatic carbocycles. The molecule has 9 aromatic rings. The van der Waals surface area contributed by atoms with Crippen LogP contribution in [0.4, 0.5) is 17.1 Å². The second-order valence-electron chi connectivity index (χ2n) is 14.8. The molecule has 0 radical (unpaired) electrons. The number of nitrogens with one attached hydrogen (secondary N) is 1. The van der Waals surface area contributed by atoms with E-state index >= 15 is 0 Å². The second-order valence-corrected chi connectivity index (χ2v) is 14.8. The van der Waals surface area contributed by atoms with Crippen LogP contribution in [0.5, 0.6) is 0 Å². The summed E-state index contributed by atoms with van der Waals surface area (Å²) in [5, 5.41) is 11.5. The molecule has 2 aliphatic heterocycles. The van der Waals surface area contributed by atoms with Gasteiger partial charge in [-0.15, -0.1) is 0 Å². The Balaban J connectivity index is 1.25. The van der Waals surface area contributed by atoms with Crippen LogP contribution < -0.4 is 21.1 Å². The van der Waals surface area contributed by atoms with Crippen molar-refractivity contribution in [3.8, 4) is 16.8 Å². The topological polar surface area (TPSA) is 20.2 Å². The SMILES string of the molecule is C=C1C=C(c2ccccc2)N(C)c2cc3c(cc21)Bc1c(-c2ccccc2Nc2ccc(C)cc2)c2ccccc2c2c4c5ccccc5ccc4n-3c12. The Kier molecular flexibility index (Phi) is 6.63. The van der Waals surface area contributed by atoms with E-state index in [0.29, 0.717) is 0 Å². The number of aromatic nitrogens is 1. The molecule has 4 heteroatoms. The number of para-hydroxylation sites is 1. The Morgan fingerprint density at radius 2 is 1.35 bits per heavy atom. The summed E-state index contributed by atoms with van der Waals surface area (Å²) in [5.74, 6) is 0. The van der Waals surface area contributed by atoms with Gasteiger partial charge in [-0.25, -0.2) is 0 Å². The van der Waals surface area contributed by atoms with E-state index in [4.69, 9.17) is 0 Å². The molecule has 3 heterocycles. The average Bonchev–Trinajstić information content (AvgIpc) is 3.57. The fraction of sp³-hybridized carbons (Fsp3) is 0.0400. The van der Waals surface area contributed by atoms with E-state index in [1.165, 1.54) is 93.5 Å². The first-order chi connectivity index (χ1) is 26.5. The van der Waals surface area contributed by atoms with Crippen molar-refractivity contribution in [3.05, 3.63) is 181 Å². The van der Waals surface area contributed by atoms with Crippen molar-refractivity contribution in [2.75, 3.05) is 17.3 Å². The van der Waals surface area contributed by atoms with Gasteiger partial charge in [-0.05, 0) is 87.0 Å². The highest BCUT2D eigenvalue weighted by Gasteiger charge is 2.32. The lowest BCUT2D eigenvalue weighted by Crippen LogP contribution is -2.38. The van der Waals surface area contributed by atoms with E-state index in [9.17, 15) is 0 Å².